The summed E-state index contributed by atoms with van der Waals surface area (Å²) in [6.45, 7) is 5.48. The quantitative estimate of drug-likeness (QED) is 0.795. The number of urea groups is 1. The number of carbonyl (C=O) groups excluding carboxylic acids is 1. The first-order valence-corrected chi connectivity index (χ1v) is 7.28. The van der Waals surface area contributed by atoms with Crippen molar-refractivity contribution in [2.45, 2.75) is 39.3 Å². The number of aliphatic hydroxyl groups is 1. The van der Waals surface area contributed by atoms with E-state index in [-0.39, 0.29) is 30.5 Å². The third-order valence-electron chi connectivity index (χ3n) is 3.62. The molecule has 2 amide bonds. The van der Waals surface area contributed by atoms with Crippen molar-refractivity contribution in [2.24, 2.45) is 0 Å². The van der Waals surface area contributed by atoms with Gasteiger partial charge in [-0.2, -0.15) is 0 Å². The summed E-state index contributed by atoms with van der Waals surface area (Å²) >= 11 is 0. The molecule has 0 radical (unpaired) electrons. The van der Waals surface area contributed by atoms with E-state index in [9.17, 15) is 9.18 Å². The molecule has 3 N–H and O–H groups in total. The Labute approximate surface area is 128 Å². The van der Waals surface area contributed by atoms with Gasteiger partial charge >= 0.3 is 6.03 Å². The van der Waals surface area contributed by atoms with Gasteiger partial charge in [0.15, 0.2) is 0 Å². The molecule has 1 unspecified atom stereocenters. The van der Waals surface area contributed by atoms with Crippen LogP contribution in [-0.2, 0) is 0 Å². The Morgan fingerprint density at radius 2 is 2.09 bits per heavy atom. The molecule has 0 bridgehead atoms. The van der Waals surface area contributed by atoms with Gasteiger partial charge in [-0.15, -0.1) is 0 Å². The highest BCUT2D eigenvalue weighted by Gasteiger charge is 2.19. The summed E-state index contributed by atoms with van der Waals surface area (Å²) in [7, 11) is 0. The highest BCUT2D eigenvalue weighted by atomic mass is 19.1. The van der Waals surface area contributed by atoms with Crippen LogP contribution >= 0.6 is 0 Å². The summed E-state index contributed by atoms with van der Waals surface area (Å²) in [5.41, 5.74) is 1.40. The van der Waals surface area contributed by atoms with Gasteiger partial charge in [0.2, 0.25) is 0 Å². The maximum Gasteiger partial charge on any atom is 0.315 e. The van der Waals surface area contributed by atoms with Gasteiger partial charge in [-0.1, -0.05) is 0 Å². The van der Waals surface area contributed by atoms with E-state index >= 15 is 0 Å². The van der Waals surface area contributed by atoms with Crippen molar-refractivity contribution in [1.82, 2.24) is 10.6 Å². The molecule has 0 aliphatic heterocycles. The lowest BCUT2D eigenvalue weighted by Crippen LogP contribution is -2.42. The molecule has 2 rings (SSSR count). The molecular weight excluding hydrogens is 287 g/mol. The molecular formula is C16H21FN2O3. The minimum atomic E-state index is -0.350. The number of carbonyl (C=O) groups is 1. The van der Waals surface area contributed by atoms with Crippen LogP contribution in [0.2, 0.25) is 0 Å². The van der Waals surface area contributed by atoms with Gasteiger partial charge in [-0.05, 0) is 45.4 Å². The van der Waals surface area contributed by atoms with E-state index in [1.54, 1.807) is 13.0 Å². The Bertz CT molecular complexity index is 669. The second kappa shape index (κ2) is 6.79. The zero-order chi connectivity index (χ0) is 16.3. The van der Waals surface area contributed by atoms with Gasteiger partial charge in [0.25, 0.3) is 0 Å². The normalized spacial score (nSPS) is 13.9. The topological polar surface area (TPSA) is 74.5 Å². The van der Waals surface area contributed by atoms with Gasteiger partial charge in [0.1, 0.15) is 17.2 Å². The number of halogens is 1. The van der Waals surface area contributed by atoms with Gasteiger partial charge in [-0.25, -0.2) is 9.18 Å². The first-order chi connectivity index (χ1) is 10.4. The van der Waals surface area contributed by atoms with Crippen molar-refractivity contribution >= 4 is 17.0 Å². The Balaban J connectivity index is 2.11. The van der Waals surface area contributed by atoms with Crippen molar-refractivity contribution in [3.63, 3.8) is 0 Å². The van der Waals surface area contributed by atoms with E-state index in [0.717, 1.165) is 5.56 Å². The van der Waals surface area contributed by atoms with Gasteiger partial charge < -0.3 is 20.2 Å². The minimum absolute atomic E-state index is 0.0191. The van der Waals surface area contributed by atoms with Gasteiger partial charge in [0.05, 0.1) is 6.04 Å². The zero-order valence-corrected chi connectivity index (χ0v) is 12.9. The number of aryl methyl sites for hydroxylation is 1. The molecule has 6 heteroatoms. The van der Waals surface area contributed by atoms with E-state index in [1.165, 1.54) is 12.1 Å². The maximum absolute atomic E-state index is 13.3. The Kier molecular flexibility index (Phi) is 5.03. The third-order valence-corrected chi connectivity index (χ3v) is 3.62. The Morgan fingerprint density at radius 3 is 2.77 bits per heavy atom. The lowest BCUT2D eigenvalue weighted by Gasteiger charge is -2.17. The van der Waals surface area contributed by atoms with E-state index in [1.807, 2.05) is 13.8 Å². The molecule has 2 aromatic rings. The van der Waals surface area contributed by atoms with E-state index in [0.29, 0.717) is 23.2 Å². The molecule has 0 aliphatic rings. The largest absolute Gasteiger partial charge is 0.459 e. The van der Waals surface area contributed by atoms with Crippen molar-refractivity contribution in [3.8, 4) is 0 Å². The molecule has 0 saturated heterocycles. The molecule has 1 aromatic heterocycles. The average molecular weight is 308 g/mol. The fourth-order valence-corrected chi connectivity index (χ4v) is 2.42. The number of benzene rings is 1. The predicted octanol–water partition coefficient (Wildman–Crippen LogP) is 3.01. The molecule has 0 saturated carbocycles. The lowest BCUT2D eigenvalue weighted by atomic mass is 10.1. The standard InChI is InChI=1S/C16H21FN2O3/c1-9(6-7-20)18-16(21)19-11(3)15-10(2)13-8-12(17)4-5-14(13)22-15/h4-5,8-9,11,20H,6-7H2,1-3H3,(H2,18,19,21)/t9-,11?/m1/s1. The minimum Gasteiger partial charge on any atom is -0.459 e. The van der Waals surface area contributed by atoms with E-state index < -0.39 is 0 Å². The molecule has 5 nitrogen and oxygen atoms in total. The summed E-state index contributed by atoms with van der Waals surface area (Å²) in [5, 5.41) is 15.1. The smallest absolute Gasteiger partial charge is 0.315 e. The number of fused-ring (bicyclic) bond motifs is 1. The third kappa shape index (κ3) is 3.57. The number of amides is 2. The summed E-state index contributed by atoms with van der Waals surface area (Å²) in [6.07, 6.45) is 0.491. The van der Waals surface area contributed by atoms with Crippen LogP contribution in [-0.4, -0.2) is 23.8 Å². The predicted molar refractivity (Wildman–Crippen MR) is 82.2 cm³/mol. The van der Waals surface area contributed by atoms with Gasteiger partial charge in [0, 0.05) is 23.6 Å². The number of furan rings is 1. The van der Waals surface area contributed by atoms with Crippen LogP contribution in [0.1, 0.15) is 37.6 Å². The fourth-order valence-electron chi connectivity index (χ4n) is 2.42. The Morgan fingerprint density at radius 1 is 1.36 bits per heavy atom. The summed E-state index contributed by atoms with van der Waals surface area (Å²) in [4.78, 5) is 11.9. The average Bonchev–Trinajstić information content (AvgIpc) is 2.76. The Hall–Kier alpha value is -2.08. The van der Waals surface area contributed by atoms with Crippen molar-refractivity contribution in [1.29, 1.82) is 0 Å². The second-order valence-electron chi connectivity index (χ2n) is 5.48. The van der Waals surface area contributed by atoms with Crippen LogP contribution in [0.5, 0.6) is 0 Å². The lowest BCUT2D eigenvalue weighted by molar-refractivity contribution is 0.227. The molecule has 0 spiro atoms. The molecule has 120 valence electrons. The van der Waals surface area contributed by atoms with Crippen molar-refractivity contribution in [2.75, 3.05) is 6.61 Å². The summed E-state index contributed by atoms with van der Waals surface area (Å²) in [6, 6.07) is 3.54. The maximum atomic E-state index is 13.3. The van der Waals surface area contributed by atoms with Crippen molar-refractivity contribution in [3.05, 3.63) is 35.3 Å². The SMILES string of the molecule is Cc1c(C(C)NC(=O)N[C@H](C)CCO)oc2ccc(F)cc12. The second-order valence-corrected chi connectivity index (χ2v) is 5.48. The van der Waals surface area contributed by atoms with Gasteiger partial charge in [-0.3, -0.25) is 0 Å². The van der Waals surface area contributed by atoms with Crippen LogP contribution in [0.25, 0.3) is 11.0 Å². The molecule has 2 atom stereocenters. The van der Waals surface area contributed by atoms with Crippen LogP contribution < -0.4 is 10.6 Å². The first-order valence-electron chi connectivity index (χ1n) is 7.28. The molecule has 1 aromatic carbocycles. The van der Waals surface area contributed by atoms with E-state index in [4.69, 9.17) is 9.52 Å². The van der Waals surface area contributed by atoms with Crippen LogP contribution in [0.3, 0.4) is 0 Å². The summed E-state index contributed by atoms with van der Waals surface area (Å²) in [5.74, 6) is 0.282. The summed E-state index contributed by atoms with van der Waals surface area (Å²) < 4.78 is 19.0. The number of nitrogens with one attached hydrogen (secondary N) is 2. The zero-order valence-electron chi connectivity index (χ0n) is 12.9. The fraction of sp³-hybridized carbons (Fsp3) is 0.438. The monoisotopic (exact) mass is 308 g/mol. The number of hydrogen-bond donors (Lipinski definition) is 3. The first kappa shape index (κ1) is 16.3. The number of hydrogen-bond acceptors (Lipinski definition) is 3. The van der Waals surface area contributed by atoms with Crippen LogP contribution in [0.4, 0.5) is 9.18 Å². The highest BCUT2D eigenvalue weighted by Crippen LogP contribution is 2.29. The number of rotatable bonds is 5. The molecule has 1 heterocycles. The molecule has 22 heavy (non-hydrogen) atoms. The van der Waals surface area contributed by atoms with Crippen LogP contribution in [0.15, 0.2) is 22.6 Å². The van der Waals surface area contributed by atoms with Crippen molar-refractivity contribution < 1.29 is 18.7 Å². The van der Waals surface area contributed by atoms with E-state index in [2.05, 4.69) is 10.6 Å². The molecule has 0 fully saturated rings. The van der Waals surface area contributed by atoms with Crippen LogP contribution in [0, 0.1) is 12.7 Å². The molecule has 0 aliphatic carbocycles. The number of aliphatic hydroxyl groups excluding tert-OH is 1. The highest BCUT2D eigenvalue weighted by molar-refractivity contribution is 5.82.